The fraction of sp³-hybridized carbons (Fsp3) is 0.0588. The molecule has 0 aliphatic rings. The Hall–Kier alpha value is -4.59. The molecule has 0 saturated heterocycles. The molecule has 204 valence electrons. The smallest absolute Gasteiger partial charge is 0.423 e. The molecular weight excluding hydrogens is 522 g/mol. The van der Waals surface area contributed by atoms with Crippen molar-refractivity contribution in [1.29, 1.82) is 0 Å². The van der Waals surface area contributed by atoms with E-state index in [9.17, 15) is 20.1 Å². The first-order chi connectivity index (χ1) is 20.4. The topological polar surface area (TPSA) is 88.7 Å². The molecule has 6 nitrogen and oxygen atoms in total. The standard InChI is InChI=1S/C34H30B2N2O4/c39-35(40)33-7-3-1-5-31(33)23-37-17-13-25(14-18-37)27-9-11-30-22-28(10-12-29(30)21-27)26-15-19-38(20-16-26)24-32-6-2-4-8-34(32)36(41)42/h1-22,39-42H,23-24H2/q+2. The van der Waals surface area contributed by atoms with Crippen molar-refractivity contribution < 1.29 is 29.2 Å². The van der Waals surface area contributed by atoms with Crippen LogP contribution in [0, 0.1) is 0 Å². The lowest BCUT2D eigenvalue weighted by Gasteiger charge is -2.08. The second-order valence-corrected chi connectivity index (χ2v) is 10.4. The molecule has 6 rings (SSSR count). The van der Waals surface area contributed by atoms with E-state index in [2.05, 4.69) is 60.7 Å². The Labute approximate surface area is 245 Å². The zero-order valence-corrected chi connectivity index (χ0v) is 23.0. The summed E-state index contributed by atoms with van der Waals surface area (Å²) >= 11 is 0. The molecule has 4 aromatic carbocycles. The van der Waals surface area contributed by atoms with Gasteiger partial charge in [0.05, 0.1) is 0 Å². The summed E-state index contributed by atoms with van der Waals surface area (Å²) in [6.45, 7) is 1.10. The van der Waals surface area contributed by atoms with Crippen LogP contribution in [0.3, 0.4) is 0 Å². The van der Waals surface area contributed by atoms with E-state index >= 15 is 0 Å². The molecule has 0 saturated carbocycles. The van der Waals surface area contributed by atoms with Gasteiger partial charge in [-0.25, -0.2) is 9.13 Å². The third-order valence-electron chi connectivity index (χ3n) is 7.66. The third-order valence-corrected chi connectivity index (χ3v) is 7.66. The Balaban J connectivity index is 1.18. The second kappa shape index (κ2) is 12.1. The average molecular weight is 552 g/mol. The van der Waals surface area contributed by atoms with Gasteiger partial charge in [0.1, 0.15) is 0 Å². The van der Waals surface area contributed by atoms with Crippen LogP contribution in [0.2, 0.25) is 0 Å². The highest BCUT2D eigenvalue weighted by molar-refractivity contribution is 6.59. The molecule has 0 radical (unpaired) electrons. The van der Waals surface area contributed by atoms with Crippen molar-refractivity contribution in [2.24, 2.45) is 0 Å². The van der Waals surface area contributed by atoms with Crippen molar-refractivity contribution in [1.82, 2.24) is 0 Å². The highest BCUT2D eigenvalue weighted by atomic mass is 16.4. The number of hydrogen-bond acceptors (Lipinski definition) is 4. The summed E-state index contributed by atoms with van der Waals surface area (Å²) in [5, 5.41) is 40.9. The average Bonchev–Trinajstić information content (AvgIpc) is 3.02. The van der Waals surface area contributed by atoms with Crippen LogP contribution in [0.4, 0.5) is 0 Å². The molecule has 0 atom stereocenters. The molecule has 0 bridgehead atoms. The SMILES string of the molecule is OB(O)c1ccccc1C[n+]1ccc(-c2ccc3cc(-c4cc[n+](Cc5ccccc5B(O)O)cc4)ccc3c2)cc1. The van der Waals surface area contributed by atoms with Crippen LogP contribution >= 0.6 is 0 Å². The Morgan fingerprint density at radius 2 is 0.810 bits per heavy atom. The van der Waals surface area contributed by atoms with Crippen LogP contribution < -0.4 is 20.1 Å². The summed E-state index contributed by atoms with van der Waals surface area (Å²) in [5.74, 6) is 0. The zero-order valence-electron chi connectivity index (χ0n) is 23.0. The van der Waals surface area contributed by atoms with Gasteiger partial charge in [-0.3, -0.25) is 0 Å². The van der Waals surface area contributed by atoms with Gasteiger partial charge in [0.2, 0.25) is 0 Å². The van der Waals surface area contributed by atoms with Gasteiger partial charge >= 0.3 is 14.2 Å². The molecule has 0 fully saturated rings. The quantitative estimate of drug-likeness (QED) is 0.172. The number of benzene rings is 4. The summed E-state index contributed by atoms with van der Waals surface area (Å²) in [5.41, 5.74) is 7.24. The van der Waals surface area contributed by atoms with Gasteiger partial charge in [-0.05, 0) is 56.1 Å². The van der Waals surface area contributed by atoms with E-state index in [1.54, 1.807) is 24.3 Å². The number of aromatic nitrogens is 2. The molecule has 2 heterocycles. The van der Waals surface area contributed by atoms with Crippen LogP contribution in [-0.4, -0.2) is 34.3 Å². The Morgan fingerprint density at radius 1 is 0.429 bits per heavy atom. The highest BCUT2D eigenvalue weighted by Crippen LogP contribution is 2.28. The molecular formula is C34H30B2N2O4+2. The lowest BCUT2D eigenvalue weighted by atomic mass is 9.77. The van der Waals surface area contributed by atoms with Gasteiger partial charge in [-0.1, -0.05) is 72.8 Å². The van der Waals surface area contributed by atoms with E-state index in [4.69, 9.17) is 0 Å². The molecule has 4 N–H and O–H groups in total. The molecule has 6 aromatic rings. The molecule has 42 heavy (non-hydrogen) atoms. The lowest BCUT2D eigenvalue weighted by Crippen LogP contribution is -2.40. The summed E-state index contributed by atoms with van der Waals surface area (Å²) in [7, 11) is -2.98. The molecule has 2 aromatic heterocycles. The molecule has 0 amide bonds. The van der Waals surface area contributed by atoms with Gasteiger partial charge < -0.3 is 20.1 Å². The maximum Gasteiger partial charge on any atom is 0.488 e. The molecule has 0 unspecified atom stereocenters. The van der Waals surface area contributed by atoms with E-state index in [1.807, 2.05) is 58.2 Å². The Kier molecular flexibility index (Phi) is 7.95. The Morgan fingerprint density at radius 3 is 1.19 bits per heavy atom. The summed E-state index contributed by atoms with van der Waals surface area (Å²) in [6.07, 6.45) is 8.04. The van der Waals surface area contributed by atoms with Crippen molar-refractivity contribution in [2.45, 2.75) is 13.1 Å². The van der Waals surface area contributed by atoms with Gasteiger partial charge in [-0.2, -0.15) is 0 Å². The van der Waals surface area contributed by atoms with Gasteiger partial charge in [0.25, 0.3) is 0 Å². The van der Waals surface area contributed by atoms with E-state index in [0.717, 1.165) is 44.2 Å². The minimum absolute atomic E-state index is 0.516. The minimum Gasteiger partial charge on any atom is -0.423 e. The first-order valence-corrected chi connectivity index (χ1v) is 13.9. The van der Waals surface area contributed by atoms with Crippen LogP contribution in [0.15, 0.2) is 134 Å². The van der Waals surface area contributed by atoms with Gasteiger partial charge in [-0.15, -0.1) is 0 Å². The number of pyridine rings is 2. The van der Waals surface area contributed by atoms with Crippen molar-refractivity contribution in [2.75, 3.05) is 0 Å². The largest absolute Gasteiger partial charge is 0.488 e. The van der Waals surface area contributed by atoms with E-state index in [1.165, 1.54) is 0 Å². The number of rotatable bonds is 8. The number of hydrogen-bond donors (Lipinski definition) is 4. The van der Waals surface area contributed by atoms with E-state index < -0.39 is 14.2 Å². The predicted octanol–water partition coefficient (Wildman–Crippen LogP) is 2.20. The van der Waals surface area contributed by atoms with Crippen molar-refractivity contribution >= 4 is 35.9 Å². The third kappa shape index (κ3) is 6.03. The number of fused-ring (bicyclic) bond motifs is 1. The zero-order chi connectivity index (χ0) is 29.1. The molecule has 0 spiro atoms. The van der Waals surface area contributed by atoms with Crippen LogP contribution in [0.25, 0.3) is 33.0 Å². The van der Waals surface area contributed by atoms with E-state index in [-0.39, 0.29) is 0 Å². The second-order valence-electron chi connectivity index (χ2n) is 10.4. The predicted molar refractivity (Wildman–Crippen MR) is 166 cm³/mol. The minimum atomic E-state index is -1.49. The first kappa shape index (κ1) is 27.6. The highest BCUT2D eigenvalue weighted by Gasteiger charge is 2.19. The maximum atomic E-state index is 9.66. The van der Waals surface area contributed by atoms with Crippen molar-refractivity contribution in [3.63, 3.8) is 0 Å². The van der Waals surface area contributed by atoms with Crippen molar-refractivity contribution in [3.05, 3.63) is 145 Å². The number of nitrogens with zero attached hydrogens (tertiary/aromatic N) is 2. The summed E-state index contributed by atoms with van der Waals surface area (Å²) < 4.78 is 4.05. The molecule has 0 aliphatic heterocycles. The van der Waals surface area contributed by atoms with E-state index in [0.29, 0.717) is 24.0 Å². The van der Waals surface area contributed by atoms with Crippen LogP contribution in [-0.2, 0) is 13.1 Å². The van der Waals surface area contributed by atoms with Gasteiger partial charge in [0, 0.05) is 35.4 Å². The Bertz CT molecular complexity index is 1710. The first-order valence-electron chi connectivity index (χ1n) is 13.9. The van der Waals surface area contributed by atoms with Crippen LogP contribution in [0.5, 0.6) is 0 Å². The molecule has 8 heteroatoms. The summed E-state index contributed by atoms with van der Waals surface area (Å²) in [4.78, 5) is 0. The maximum absolute atomic E-state index is 9.66. The fourth-order valence-corrected chi connectivity index (χ4v) is 5.37. The molecule has 0 aliphatic carbocycles. The van der Waals surface area contributed by atoms with Gasteiger partial charge in [0.15, 0.2) is 37.9 Å². The summed E-state index contributed by atoms with van der Waals surface area (Å²) in [6, 6.07) is 35.9. The monoisotopic (exact) mass is 552 g/mol. The van der Waals surface area contributed by atoms with Crippen molar-refractivity contribution in [3.8, 4) is 22.3 Å². The van der Waals surface area contributed by atoms with Crippen LogP contribution in [0.1, 0.15) is 11.1 Å². The fourth-order valence-electron chi connectivity index (χ4n) is 5.37. The normalized spacial score (nSPS) is 11.0. The lowest BCUT2D eigenvalue weighted by molar-refractivity contribution is -0.688.